The van der Waals surface area contributed by atoms with E-state index in [-0.39, 0.29) is 23.5 Å². The van der Waals surface area contributed by atoms with Crippen molar-refractivity contribution >= 4 is 27.5 Å². The summed E-state index contributed by atoms with van der Waals surface area (Å²) in [4.78, 5) is 12.4. The van der Waals surface area contributed by atoms with Crippen LogP contribution in [0, 0.1) is 0 Å². The van der Waals surface area contributed by atoms with Crippen LogP contribution in [0.5, 0.6) is 0 Å². The highest BCUT2D eigenvalue weighted by molar-refractivity contribution is 7.89. The van der Waals surface area contributed by atoms with Gasteiger partial charge in [0, 0.05) is 22.7 Å². The van der Waals surface area contributed by atoms with Crippen molar-refractivity contribution in [2.24, 2.45) is 0 Å². The number of benzene rings is 2. The highest BCUT2D eigenvalue weighted by atomic mass is 35.5. The zero-order valence-corrected chi connectivity index (χ0v) is 16.7. The molecule has 0 aliphatic heterocycles. The Balaban J connectivity index is 1.67. The molecule has 3 aromatic rings. The van der Waals surface area contributed by atoms with Crippen LogP contribution >= 0.6 is 11.6 Å². The summed E-state index contributed by atoms with van der Waals surface area (Å²) in [5.41, 5.74) is 1.13. The molecule has 28 heavy (non-hydrogen) atoms. The van der Waals surface area contributed by atoms with Crippen LogP contribution in [-0.2, 0) is 16.6 Å². The van der Waals surface area contributed by atoms with Crippen LogP contribution in [0.15, 0.2) is 70.0 Å². The van der Waals surface area contributed by atoms with Gasteiger partial charge >= 0.3 is 0 Å². The van der Waals surface area contributed by atoms with Crippen molar-refractivity contribution in [1.29, 1.82) is 0 Å². The average Bonchev–Trinajstić information content (AvgIpc) is 3.16. The SMILES string of the molecule is CCNS(=O)(=O)c1cccc(C(=O)NCc2ccc(-c3ccc(Cl)cc3)o2)c1. The maximum absolute atomic E-state index is 12.4. The third-order valence-corrected chi connectivity index (χ3v) is 5.75. The average molecular weight is 419 g/mol. The van der Waals surface area contributed by atoms with Gasteiger partial charge in [0.25, 0.3) is 5.91 Å². The molecule has 0 saturated carbocycles. The summed E-state index contributed by atoms with van der Waals surface area (Å²) < 4.78 is 32.3. The fourth-order valence-electron chi connectivity index (χ4n) is 2.59. The lowest BCUT2D eigenvalue weighted by Crippen LogP contribution is -2.25. The number of amides is 1. The van der Waals surface area contributed by atoms with E-state index in [1.54, 1.807) is 31.2 Å². The Bertz CT molecular complexity index is 1080. The van der Waals surface area contributed by atoms with E-state index >= 15 is 0 Å². The first-order chi connectivity index (χ1) is 13.4. The highest BCUT2D eigenvalue weighted by Crippen LogP contribution is 2.23. The van der Waals surface area contributed by atoms with E-state index in [0.29, 0.717) is 16.5 Å². The van der Waals surface area contributed by atoms with E-state index in [9.17, 15) is 13.2 Å². The first-order valence-corrected chi connectivity index (χ1v) is 10.5. The Morgan fingerprint density at radius 1 is 1.07 bits per heavy atom. The standard InChI is InChI=1S/C20H19ClN2O4S/c1-2-23-28(25,26)18-5-3-4-15(12-18)20(24)22-13-17-10-11-19(27-17)14-6-8-16(21)9-7-14/h3-12,23H,2,13H2,1H3,(H,22,24). The van der Waals surface area contributed by atoms with Gasteiger partial charge in [-0.15, -0.1) is 0 Å². The summed E-state index contributed by atoms with van der Waals surface area (Å²) in [5, 5.41) is 3.37. The van der Waals surface area contributed by atoms with Gasteiger partial charge in [0.15, 0.2) is 0 Å². The second-order valence-electron chi connectivity index (χ2n) is 5.98. The molecule has 146 valence electrons. The summed E-state index contributed by atoms with van der Waals surface area (Å²) in [7, 11) is -3.62. The summed E-state index contributed by atoms with van der Waals surface area (Å²) in [5.74, 6) is 0.854. The van der Waals surface area contributed by atoms with Gasteiger partial charge in [-0.3, -0.25) is 4.79 Å². The number of nitrogens with one attached hydrogen (secondary N) is 2. The van der Waals surface area contributed by atoms with Crippen LogP contribution in [0.25, 0.3) is 11.3 Å². The molecule has 6 nitrogen and oxygen atoms in total. The Hall–Kier alpha value is -2.61. The summed E-state index contributed by atoms with van der Waals surface area (Å²) in [6.45, 7) is 2.14. The topological polar surface area (TPSA) is 88.4 Å². The number of hydrogen-bond donors (Lipinski definition) is 2. The summed E-state index contributed by atoms with van der Waals surface area (Å²) >= 11 is 5.88. The molecule has 0 spiro atoms. The van der Waals surface area contributed by atoms with Crippen LogP contribution < -0.4 is 10.0 Å². The normalized spacial score (nSPS) is 11.4. The predicted octanol–water partition coefficient (Wildman–Crippen LogP) is 3.83. The fourth-order valence-corrected chi connectivity index (χ4v) is 3.80. The first-order valence-electron chi connectivity index (χ1n) is 8.61. The van der Waals surface area contributed by atoms with Gasteiger partial charge in [0.2, 0.25) is 10.0 Å². The lowest BCUT2D eigenvalue weighted by molar-refractivity contribution is 0.0948. The van der Waals surface area contributed by atoms with E-state index in [0.717, 1.165) is 5.56 Å². The minimum atomic E-state index is -3.62. The van der Waals surface area contributed by atoms with Crippen LogP contribution in [0.4, 0.5) is 0 Å². The van der Waals surface area contributed by atoms with E-state index in [4.69, 9.17) is 16.0 Å². The van der Waals surface area contributed by atoms with Gasteiger partial charge in [0.05, 0.1) is 11.4 Å². The number of carbonyl (C=O) groups excluding carboxylic acids is 1. The van der Waals surface area contributed by atoms with E-state index < -0.39 is 15.9 Å². The van der Waals surface area contributed by atoms with Crippen LogP contribution in [-0.4, -0.2) is 20.9 Å². The zero-order valence-electron chi connectivity index (χ0n) is 15.1. The van der Waals surface area contributed by atoms with Gasteiger partial charge in [-0.1, -0.05) is 24.6 Å². The molecule has 1 aromatic heterocycles. The molecule has 0 aliphatic rings. The van der Waals surface area contributed by atoms with Gasteiger partial charge in [-0.05, 0) is 54.6 Å². The molecule has 0 aliphatic carbocycles. The molecular formula is C20H19ClN2O4S. The zero-order chi connectivity index (χ0) is 20.1. The number of carbonyl (C=O) groups is 1. The number of sulfonamides is 1. The highest BCUT2D eigenvalue weighted by Gasteiger charge is 2.15. The molecule has 1 heterocycles. The Morgan fingerprint density at radius 2 is 1.82 bits per heavy atom. The van der Waals surface area contributed by atoms with Crippen molar-refractivity contribution in [3.63, 3.8) is 0 Å². The van der Waals surface area contributed by atoms with Crippen molar-refractivity contribution in [3.8, 4) is 11.3 Å². The van der Waals surface area contributed by atoms with Gasteiger partial charge in [-0.2, -0.15) is 0 Å². The summed E-state index contributed by atoms with van der Waals surface area (Å²) in [6.07, 6.45) is 0. The molecule has 2 N–H and O–H groups in total. The third-order valence-electron chi connectivity index (χ3n) is 3.95. The molecule has 0 radical (unpaired) electrons. The number of rotatable bonds is 7. The van der Waals surface area contributed by atoms with Crippen molar-refractivity contribution < 1.29 is 17.6 Å². The van der Waals surface area contributed by atoms with Crippen molar-refractivity contribution in [3.05, 3.63) is 77.0 Å². The lowest BCUT2D eigenvalue weighted by Gasteiger charge is -2.07. The van der Waals surface area contributed by atoms with Gasteiger partial charge in [0.1, 0.15) is 11.5 Å². The molecule has 1 amide bonds. The molecule has 0 saturated heterocycles. The van der Waals surface area contributed by atoms with Gasteiger partial charge in [-0.25, -0.2) is 13.1 Å². The smallest absolute Gasteiger partial charge is 0.251 e. The molecule has 0 atom stereocenters. The minimum absolute atomic E-state index is 0.0463. The van der Waals surface area contributed by atoms with E-state index in [1.807, 2.05) is 18.2 Å². The molecule has 0 bridgehead atoms. The van der Waals surface area contributed by atoms with Crippen LogP contribution in [0.3, 0.4) is 0 Å². The molecule has 0 unspecified atom stereocenters. The quantitative estimate of drug-likeness (QED) is 0.610. The minimum Gasteiger partial charge on any atom is -0.459 e. The molecule has 8 heteroatoms. The van der Waals surface area contributed by atoms with E-state index in [1.165, 1.54) is 18.2 Å². The number of halogens is 1. The Morgan fingerprint density at radius 3 is 2.54 bits per heavy atom. The molecule has 0 fully saturated rings. The van der Waals surface area contributed by atoms with Crippen LogP contribution in [0.2, 0.25) is 5.02 Å². The van der Waals surface area contributed by atoms with Crippen molar-refractivity contribution in [2.75, 3.05) is 6.54 Å². The first kappa shape index (κ1) is 20.1. The molecular weight excluding hydrogens is 400 g/mol. The van der Waals surface area contributed by atoms with E-state index in [2.05, 4.69) is 10.0 Å². The monoisotopic (exact) mass is 418 g/mol. The van der Waals surface area contributed by atoms with Crippen molar-refractivity contribution in [2.45, 2.75) is 18.4 Å². The number of furan rings is 1. The second-order valence-corrected chi connectivity index (χ2v) is 8.19. The maximum atomic E-state index is 12.4. The Labute approximate surface area is 168 Å². The largest absolute Gasteiger partial charge is 0.459 e. The fraction of sp³-hybridized carbons (Fsp3) is 0.150. The van der Waals surface area contributed by atoms with Gasteiger partial charge < -0.3 is 9.73 Å². The second kappa shape index (κ2) is 8.60. The van der Waals surface area contributed by atoms with Crippen molar-refractivity contribution in [1.82, 2.24) is 10.0 Å². The third kappa shape index (κ3) is 4.81. The van der Waals surface area contributed by atoms with Crippen LogP contribution in [0.1, 0.15) is 23.0 Å². The lowest BCUT2D eigenvalue weighted by atomic mass is 10.2. The Kier molecular flexibility index (Phi) is 6.18. The number of hydrogen-bond acceptors (Lipinski definition) is 4. The summed E-state index contributed by atoms with van der Waals surface area (Å²) in [6, 6.07) is 16.7. The molecule has 2 aromatic carbocycles. The predicted molar refractivity (Wildman–Crippen MR) is 108 cm³/mol. The maximum Gasteiger partial charge on any atom is 0.251 e. The molecule has 3 rings (SSSR count).